The highest BCUT2D eigenvalue weighted by Crippen LogP contribution is 2.39. The predicted molar refractivity (Wildman–Crippen MR) is 135 cm³/mol. The van der Waals surface area contributed by atoms with Crippen molar-refractivity contribution in [2.45, 2.75) is 26.2 Å². The van der Waals surface area contributed by atoms with E-state index in [2.05, 4.69) is 26.6 Å². The van der Waals surface area contributed by atoms with Gasteiger partial charge in [-0.25, -0.2) is 4.79 Å². The van der Waals surface area contributed by atoms with Gasteiger partial charge in [0.15, 0.2) is 0 Å². The van der Waals surface area contributed by atoms with Crippen LogP contribution >= 0.6 is 15.9 Å². The third kappa shape index (κ3) is 6.24. The zero-order chi connectivity index (χ0) is 24.5. The van der Waals surface area contributed by atoms with E-state index in [1.807, 2.05) is 79.7 Å². The molecule has 0 radical (unpaired) electrons. The summed E-state index contributed by atoms with van der Waals surface area (Å²) in [5.74, 6) is -1.44. The van der Waals surface area contributed by atoms with E-state index >= 15 is 0 Å². The minimum Gasteiger partial charge on any atom is -0.461 e. The SMILES string of the molecule is CC1=C(C(=O)NC/C=C/c2ccccc2)C(c2cccc(Br)c2)C(C(=O)OCCC#N)=C(C)N1. The van der Waals surface area contributed by atoms with Gasteiger partial charge in [0, 0.05) is 28.0 Å². The first-order valence-corrected chi connectivity index (χ1v) is 11.7. The number of nitriles is 1. The molecule has 7 heteroatoms. The average Bonchev–Trinajstić information content (AvgIpc) is 2.82. The first-order valence-electron chi connectivity index (χ1n) is 10.9. The summed E-state index contributed by atoms with van der Waals surface area (Å²) in [4.78, 5) is 26.4. The van der Waals surface area contributed by atoms with Crippen LogP contribution in [0.15, 0.2) is 87.7 Å². The number of carbonyl (C=O) groups is 2. The van der Waals surface area contributed by atoms with Crippen LogP contribution in [0.25, 0.3) is 6.08 Å². The number of allylic oxidation sites excluding steroid dienone is 2. The molecule has 3 rings (SSSR count). The second kappa shape index (κ2) is 12.0. The standard InChI is InChI=1S/C27H26BrN3O3/c1-18-23(26(32)30-15-7-11-20-9-4-3-5-10-20)25(21-12-6-13-22(28)17-21)24(19(2)31-18)27(33)34-16-8-14-29/h3-7,9-13,17,25,31H,8,15-16H2,1-2H3,(H,30,32)/b11-7+. The summed E-state index contributed by atoms with van der Waals surface area (Å²) in [5.41, 5.74) is 3.91. The molecular formula is C27H26BrN3O3. The van der Waals surface area contributed by atoms with Crippen LogP contribution in [0, 0.1) is 11.3 Å². The predicted octanol–water partition coefficient (Wildman–Crippen LogP) is 4.97. The van der Waals surface area contributed by atoms with Crippen molar-refractivity contribution in [1.82, 2.24) is 10.6 Å². The van der Waals surface area contributed by atoms with Crippen molar-refractivity contribution in [3.05, 3.63) is 98.8 Å². The average molecular weight is 520 g/mol. The van der Waals surface area contributed by atoms with Crippen LogP contribution < -0.4 is 10.6 Å². The first-order chi connectivity index (χ1) is 16.4. The molecule has 0 fully saturated rings. The van der Waals surface area contributed by atoms with E-state index in [4.69, 9.17) is 10.00 Å². The molecule has 0 aliphatic carbocycles. The number of dihydropyridines is 1. The molecule has 1 amide bonds. The highest BCUT2D eigenvalue weighted by molar-refractivity contribution is 9.10. The lowest BCUT2D eigenvalue weighted by Gasteiger charge is -2.31. The number of nitrogens with zero attached hydrogens (tertiary/aromatic N) is 1. The number of halogens is 1. The second-order valence-electron chi connectivity index (χ2n) is 7.76. The molecule has 174 valence electrons. The van der Waals surface area contributed by atoms with Crippen molar-refractivity contribution in [2.24, 2.45) is 0 Å². The number of esters is 1. The van der Waals surface area contributed by atoms with Gasteiger partial charge in [-0.2, -0.15) is 5.26 Å². The molecule has 2 aromatic carbocycles. The molecule has 0 aromatic heterocycles. The van der Waals surface area contributed by atoms with Gasteiger partial charge in [-0.3, -0.25) is 4.79 Å². The van der Waals surface area contributed by atoms with Crippen LogP contribution in [0.4, 0.5) is 0 Å². The Morgan fingerprint density at radius 2 is 1.85 bits per heavy atom. The molecule has 2 aromatic rings. The van der Waals surface area contributed by atoms with E-state index in [0.717, 1.165) is 15.6 Å². The molecule has 6 nitrogen and oxygen atoms in total. The van der Waals surface area contributed by atoms with Crippen LogP contribution in [0.3, 0.4) is 0 Å². The summed E-state index contributed by atoms with van der Waals surface area (Å²) < 4.78 is 6.18. The van der Waals surface area contributed by atoms with Crippen molar-refractivity contribution in [3.8, 4) is 6.07 Å². The molecule has 0 saturated heterocycles. The van der Waals surface area contributed by atoms with E-state index in [-0.39, 0.29) is 18.9 Å². The molecule has 1 aliphatic heterocycles. The lowest BCUT2D eigenvalue weighted by atomic mass is 9.80. The van der Waals surface area contributed by atoms with E-state index < -0.39 is 11.9 Å². The van der Waals surface area contributed by atoms with Crippen LogP contribution in [0.1, 0.15) is 37.3 Å². The zero-order valence-electron chi connectivity index (χ0n) is 19.1. The minimum absolute atomic E-state index is 0.00811. The van der Waals surface area contributed by atoms with Crippen LogP contribution in [-0.2, 0) is 14.3 Å². The molecule has 1 aliphatic rings. The monoisotopic (exact) mass is 519 g/mol. The number of carbonyl (C=O) groups excluding carboxylic acids is 2. The molecule has 1 heterocycles. The van der Waals surface area contributed by atoms with Gasteiger partial charge in [0.2, 0.25) is 5.91 Å². The molecule has 1 unspecified atom stereocenters. The molecular weight excluding hydrogens is 494 g/mol. The number of hydrogen-bond acceptors (Lipinski definition) is 5. The summed E-state index contributed by atoms with van der Waals surface area (Å²) >= 11 is 3.49. The minimum atomic E-state index is -0.619. The van der Waals surface area contributed by atoms with E-state index in [0.29, 0.717) is 29.1 Å². The first kappa shape index (κ1) is 25.0. The molecule has 0 bridgehead atoms. The maximum absolute atomic E-state index is 13.4. The normalized spacial score (nSPS) is 15.6. The number of amides is 1. The maximum atomic E-state index is 13.4. The van der Waals surface area contributed by atoms with Crippen LogP contribution in [0.2, 0.25) is 0 Å². The van der Waals surface area contributed by atoms with E-state index in [9.17, 15) is 9.59 Å². The molecule has 34 heavy (non-hydrogen) atoms. The maximum Gasteiger partial charge on any atom is 0.336 e. The van der Waals surface area contributed by atoms with Gasteiger partial charge < -0.3 is 15.4 Å². The smallest absolute Gasteiger partial charge is 0.336 e. The molecule has 1 atom stereocenters. The molecule has 2 N–H and O–H groups in total. The highest BCUT2D eigenvalue weighted by atomic mass is 79.9. The second-order valence-corrected chi connectivity index (χ2v) is 8.67. The van der Waals surface area contributed by atoms with E-state index in [1.54, 1.807) is 6.92 Å². The van der Waals surface area contributed by atoms with Gasteiger partial charge in [0.25, 0.3) is 0 Å². The number of benzene rings is 2. The number of ether oxygens (including phenoxy) is 1. The van der Waals surface area contributed by atoms with Gasteiger partial charge in [0.1, 0.15) is 6.61 Å². The third-order valence-electron chi connectivity index (χ3n) is 5.34. The Balaban J connectivity index is 1.89. The number of rotatable bonds is 8. The quantitative estimate of drug-likeness (QED) is 0.379. The van der Waals surface area contributed by atoms with Crippen molar-refractivity contribution >= 4 is 33.9 Å². The fourth-order valence-electron chi connectivity index (χ4n) is 3.86. The van der Waals surface area contributed by atoms with Gasteiger partial charge in [0.05, 0.1) is 24.0 Å². The summed E-state index contributed by atoms with van der Waals surface area (Å²) in [6.45, 7) is 3.93. The summed E-state index contributed by atoms with van der Waals surface area (Å²) in [6.07, 6.45) is 3.92. The summed E-state index contributed by atoms with van der Waals surface area (Å²) in [6, 6.07) is 19.3. The van der Waals surface area contributed by atoms with Gasteiger partial charge in [-0.05, 0) is 37.1 Å². The van der Waals surface area contributed by atoms with Crippen LogP contribution in [0.5, 0.6) is 0 Å². The Kier molecular flexibility index (Phi) is 8.83. The lowest BCUT2D eigenvalue weighted by molar-refractivity contribution is -0.139. The Bertz CT molecular complexity index is 1190. The van der Waals surface area contributed by atoms with Crippen molar-refractivity contribution in [1.29, 1.82) is 5.26 Å². The Morgan fingerprint density at radius 1 is 1.12 bits per heavy atom. The fourth-order valence-corrected chi connectivity index (χ4v) is 4.28. The highest BCUT2D eigenvalue weighted by Gasteiger charge is 2.37. The Labute approximate surface area is 208 Å². The lowest BCUT2D eigenvalue weighted by Crippen LogP contribution is -2.36. The third-order valence-corrected chi connectivity index (χ3v) is 5.84. The van der Waals surface area contributed by atoms with Crippen molar-refractivity contribution < 1.29 is 14.3 Å². The van der Waals surface area contributed by atoms with E-state index in [1.165, 1.54) is 0 Å². The summed E-state index contributed by atoms with van der Waals surface area (Å²) in [5, 5.41) is 14.9. The molecule has 0 spiro atoms. The summed E-state index contributed by atoms with van der Waals surface area (Å²) in [7, 11) is 0. The van der Waals surface area contributed by atoms with Gasteiger partial charge >= 0.3 is 5.97 Å². The van der Waals surface area contributed by atoms with Crippen molar-refractivity contribution in [3.63, 3.8) is 0 Å². The van der Waals surface area contributed by atoms with Crippen molar-refractivity contribution in [2.75, 3.05) is 13.2 Å². The number of hydrogen-bond donors (Lipinski definition) is 2. The largest absolute Gasteiger partial charge is 0.461 e. The van der Waals surface area contributed by atoms with Gasteiger partial charge in [-0.1, -0.05) is 70.5 Å². The zero-order valence-corrected chi connectivity index (χ0v) is 20.7. The Morgan fingerprint density at radius 3 is 2.56 bits per heavy atom. The fraction of sp³-hybridized carbons (Fsp3) is 0.222. The Hall–Kier alpha value is -3.63. The molecule has 0 saturated carbocycles. The van der Waals surface area contributed by atoms with Gasteiger partial charge in [-0.15, -0.1) is 0 Å². The number of nitrogens with one attached hydrogen (secondary N) is 2. The topological polar surface area (TPSA) is 91.2 Å². The van der Waals surface area contributed by atoms with Crippen LogP contribution in [-0.4, -0.2) is 25.0 Å².